The predicted molar refractivity (Wildman–Crippen MR) is 134 cm³/mol. The summed E-state index contributed by atoms with van der Waals surface area (Å²) in [5, 5.41) is 6.05. The molecule has 0 unspecified atom stereocenters. The number of hydrogen-bond donors (Lipinski definition) is 2. The van der Waals surface area contributed by atoms with Gasteiger partial charge in [-0.2, -0.15) is 13.2 Å². The lowest BCUT2D eigenvalue weighted by atomic mass is 9.94. The Bertz CT molecular complexity index is 1190. The fourth-order valence-corrected chi connectivity index (χ4v) is 5.09. The van der Waals surface area contributed by atoms with E-state index in [1.807, 2.05) is 12.1 Å². The molecular formula is C25H25F3N4O3S. The molecule has 2 aromatic rings. The van der Waals surface area contributed by atoms with Crippen molar-refractivity contribution in [3.63, 3.8) is 0 Å². The topological polar surface area (TPSA) is 83.0 Å². The number of nitrogens with one attached hydrogen (secondary N) is 2. The second-order valence-corrected chi connectivity index (χ2v) is 9.25. The Morgan fingerprint density at radius 1 is 1.08 bits per heavy atom. The number of anilines is 2. The highest BCUT2D eigenvalue weighted by Gasteiger charge is 2.37. The van der Waals surface area contributed by atoms with Crippen molar-refractivity contribution in [1.82, 2.24) is 4.90 Å². The SMILES string of the molecule is CCOC(=O)C1=C(C)N=C2SCCCN2[C@@H]1c1ccc(NC(=O)Nc2ccc(C(F)(F)F)cc2)cc1. The summed E-state index contributed by atoms with van der Waals surface area (Å²) in [4.78, 5) is 31.9. The number of carbonyl (C=O) groups is 2. The first-order valence-corrected chi connectivity index (χ1v) is 12.4. The molecule has 2 amide bonds. The van der Waals surface area contributed by atoms with Crippen LogP contribution in [0.1, 0.15) is 37.4 Å². The summed E-state index contributed by atoms with van der Waals surface area (Å²) in [7, 11) is 0. The molecule has 2 heterocycles. The zero-order chi connectivity index (χ0) is 25.9. The highest BCUT2D eigenvalue weighted by molar-refractivity contribution is 8.13. The van der Waals surface area contributed by atoms with E-state index in [0.717, 1.165) is 41.6 Å². The van der Waals surface area contributed by atoms with Crippen molar-refractivity contribution >= 4 is 40.3 Å². The van der Waals surface area contributed by atoms with Gasteiger partial charge in [-0.15, -0.1) is 0 Å². The van der Waals surface area contributed by atoms with E-state index < -0.39 is 23.7 Å². The Morgan fingerprint density at radius 2 is 1.69 bits per heavy atom. The number of esters is 1. The maximum atomic E-state index is 12.8. The van der Waals surface area contributed by atoms with Crippen LogP contribution >= 0.6 is 11.8 Å². The summed E-state index contributed by atoms with van der Waals surface area (Å²) >= 11 is 1.65. The molecule has 4 rings (SSSR count). The highest BCUT2D eigenvalue weighted by atomic mass is 32.2. The molecule has 11 heteroatoms. The Balaban J connectivity index is 1.49. The average molecular weight is 519 g/mol. The number of hydrogen-bond acceptors (Lipinski definition) is 6. The number of fused-ring (bicyclic) bond motifs is 1. The number of amides is 2. The van der Waals surface area contributed by atoms with Crippen LogP contribution in [0.15, 0.2) is 64.8 Å². The second kappa shape index (κ2) is 10.7. The van der Waals surface area contributed by atoms with Crippen LogP contribution in [0.4, 0.5) is 29.3 Å². The lowest BCUT2D eigenvalue weighted by Crippen LogP contribution is -2.42. The summed E-state index contributed by atoms with van der Waals surface area (Å²) in [5.41, 5.74) is 1.88. The quantitative estimate of drug-likeness (QED) is 0.472. The van der Waals surface area contributed by atoms with Gasteiger partial charge in [0, 0.05) is 23.7 Å². The van der Waals surface area contributed by atoms with Gasteiger partial charge in [-0.25, -0.2) is 14.6 Å². The Hall–Kier alpha value is -3.47. The highest BCUT2D eigenvalue weighted by Crippen LogP contribution is 2.40. The number of halogens is 3. The third-order valence-electron chi connectivity index (χ3n) is 5.71. The normalized spacial score (nSPS) is 17.8. The molecule has 1 fully saturated rings. The van der Waals surface area contributed by atoms with Gasteiger partial charge in [-0.1, -0.05) is 23.9 Å². The van der Waals surface area contributed by atoms with Gasteiger partial charge in [-0.05, 0) is 62.2 Å². The average Bonchev–Trinajstić information content (AvgIpc) is 2.83. The molecule has 0 saturated carbocycles. The van der Waals surface area contributed by atoms with Crippen LogP contribution in [0.2, 0.25) is 0 Å². The fourth-order valence-electron chi connectivity index (χ4n) is 4.07. The smallest absolute Gasteiger partial charge is 0.416 e. The number of benzene rings is 2. The third kappa shape index (κ3) is 5.67. The number of allylic oxidation sites excluding steroid dienone is 1. The standard InChI is InChI=1S/C25H25F3N4O3S/c1-3-35-22(33)20-15(2)29-24-32(13-4-14-36-24)21(20)16-5-9-18(10-6-16)30-23(34)31-19-11-7-17(8-12-19)25(26,27)28/h5-12,21H,3-4,13-14H2,1-2H3,(H2,30,31,34)/t21-/m1/s1. The maximum absolute atomic E-state index is 12.8. The molecule has 0 aromatic heterocycles. The zero-order valence-corrected chi connectivity index (χ0v) is 20.5. The first-order valence-electron chi connectivity index (χ1n) is 11.4. The van der Waals surface area contributed by atoms with Crippen LogP contribution in [0.5, 0.6) is 0 Å². The van der Waals surface area contributed by atoms with Crippen molar-refractivity contribution in [3.05, 3.63) is 70.9 Å². The summed E-state index contributed by atoms with van der Waals surface area (Å²) in [6.45, 7) is 4.57. The number of ether oxygens (including phenoxy) is 1. The Morgan fingerprint density at radius 3 is 2.28 bits per heavy atom. The van der Waals surface area contributed by atoms with Crippen molar-refractivity contribution in [2.45, 2.75) is 32.5 Å². The zero-order valence-electron chi connectivity index (χ0n) is 19.7. The molecule has 0 aliphatic carbocycles. The second-order valence-electron chi connectivity index (χ2n) is 8.19. The van der Waals surface area contributed by atoms with E-state index in [9.17, 15) is 22.8 Å². The minimum absolute atomic E-state index is 0.230. The molecule has 1 saturated heterocycles. The van der Waals surface area contributed by atoms with Crippen LogP contribution < -0.4 is 10.6 Å². The summed E-state index contributed by atoms with van der Waals surface area (Å²) in [6.07, 6.45) is -3.49. The molecule has 0 spiro atoms. The molecule has 2 aliphatic heterocycles. The molecule has 190 valence electrons. The number of alkyl halides is 3. The Kier molecular flexibility index (Phi) is 7.58. The van der Waals surface area contributed by atoms with Crippen LogP contribution in [0.3, 0.4) is 0 Å². The molecule has 7 nitrogen and oxygen atoms in total. The van der Waals surface area contributed by atoms with Crippen LogP contribution in [-0.4, -0.2) is 41.0 Å². The molecule has 2 aliphatic rings. The van der Waals surface area contributed by atoms with Crippen molar-refractivity contribution < 1.29 is 27.5 Å². The van der Waals surface area contributed by atoms with Gasteiger partial charge in [0.15, 0.2) is 5.17 Å². The number of amidine groups is 1. The number of aliphatic imine (C=N–C) groups is 1. The van der Waals surface area contributed by atoms with Crippen molar-refractivity contribution in [2.75, 3.05) is 29.5 Å². The van der Waals surface area contributed by atoms with Crippen LogP contribution in [0, 0.1) is 0 Å². The van der Waals surface area contributed by atoms with E-state index in [-0.39, 0.29) is 18.3 Å². The molecule has 0 bridgehead atoms. The van der Waals surface area contributed by atoms with E-state index in [1.54, 1.807) is 37.7 Å². The van der Waals surface area contributed by atoms with Gasteiger partial charge in [0.25, 0.3) is 0 Å². The van der Waals surface area contributed by atoms with E-state index in [4.69, 9.17) is 4.74 Å². The van der Waals surface area contributed by atoms with E-state index >= 15 is 0 Å². The lowest BCUT2D eigenvalue weighted by molar-refractivity contribution is -0.139. The molecule has 36 heavy (non-hydrogen) atoms. The number of carbonyl (C=O) groups excluding carboxylic acids is 2. The number of thioether (sulfide) groups is 1. The van der Waals surface area contributed by atoms with Crippen molar-refractivity contribution in [2.24, 2.45) is 4.99 Å². The molecule has 0 radical (unpaired) electrons. The van der Waals surface area contributed by atoms with Gasteiger partial charge in [0.2, 0.25) is 0 Å². The summed E-state index contributed by atoms with van der Waals surface area (Å²) < 4.78 is 43.5. The van der Waals surface area contributed by atoms with Crippen molar-refractivity contribution in [3.8, 4) is 0 Å². The number of nitrogens with zero attached hydrogens (tertiary/aromatic N) is 2. The minimum atomic E-state index is -4.44. The van der Waals surface area contributed by atoms with Gasteiger partial charge < -0.3 is 20.3 Å². The van der Waals surface area contributed by atoms with Crippen molar-refractivity contribution in [1.29, 1.82) is 0 Å². The van der Waals surface area contributed by atoms with Gasteiger partial charge in [0.05, 0.1) is 29.5 Å². The monoisotopic (exact) mass is 518 g/mol. The first-order chi connectivity index (χ1) is 17.2. The minimum Gasteiger partial charge on any atom is -0.463 e. The van der Waals surface area contributed by atoms with E-state index in [1.165, 1.54) is 12.1 Å². The lowest BCUT2D eigenvalue weighted by Gasteiger charge is -2.40. The van der Waals surface area contributed by atoms with Gasteiger partial charge >= 0.3 is 18.2 Å². The van der Waals surface area contributed by atoms with Gasteiger partial charge in [-0.3, -0.25) is 0 Å². The molecule has 2 N–H and O–H groups in total. The first kappa shape index (κ1) is 25.6. The third-order valence-corrected chi connectivity index (χ3v) is 6.78. The summed E-state index contributed by atoms with van der Waals surface area (Å²) in [5.74, 6) is 0.553. The number of urea groups is 1. The fraction of sp³-hybridized carbons (Fsp3) is 0.320. The van der Waals surface area contributed by atoms with Crippen LogP contribution in [-0.2, 0) is 15.7 Å². The van der Waals surface area contributed by atoms with E-state index in [2.05, 4.69) is 20.5 Å². The molecular weight excluding hydrogens is 493 g/mol. The predicted octanol–water partition coefficient (Wildman–Crippen LogP) is 6.04. The largest absolute Gasteiger partial charge is 0.463 e. The molecule has 2 aromatic carbocycles. The Labute approximate surface area is 210 Å². The van der Waals surface area contributed by atoms with Gasteiger partial charge in [0.1, 0.15) is 0 Å². The van der Waals surface area contributed by atoms with E-state index in [0.29, 0.717) is 17.0 Å². The van der Waals surface area contributed by atoms with Crippen LogP contribution in [0.25, 0.3) is 0 Å². The molecule has 1 atom stereocenters. The number of rotatable bonds is 5. The summed E-state index contributed by atoms with van der Waals surface area (Å²) in [6, 6.07) is 10.3. The maximum Gasteiger partial charge on any atom is 0.416 e.